The Morgan fingerprint density at radius 1 is 1.67 bits per heavy atom. The Morgan fingerprint density at radius 2 is 2.33 bits per heavy atom. The molecule has 1 atom stereocenters. The second-order valence-electron chi connectivity index (χ2n) is 2.75. The Balaban J connectivity index is 3.44. The van der Waals surface area contributed by atoms with E-state index in [1.165, 1.54) is 0 Å². The Kier molecular flexibility index (Phi) is 6.38. The number of likely N-dealkylation sites (N-methyl/N-ethyl adjacent to an activating group) is 1. The highest BCUT2D eigenvalue weighted by atomic mass is 16.4. The van der Waals surface area contributed by atoms with Crippen LogP contribution in [0.15, 0.2) is 12.7 Å². The topological polar surface area (TPSA) is 49.3 Å². The van der Waals surface area contributed by atoms with Crippen molar-refractivity contribution in [2.45, 2.75) is 31.7 Å². The second kappa shape index (κ2) is 6.85. The molecule has 0 aromatic rings. The third-order valence-electron chi connectivity index (χ3n) is 1.80. The maximum atomic E-state index is 10.5. The van der Waals surface area contributed by atoms with Gasteiger partial charge in [-0.05, 0) is 26.3 Å². The van der Waals surface area contributed by atoms with Gasteiger partial charge in [0.1, 0.15) is 6.04 Å². The van der Waals surface area contributed by atoms with Crippen LogP contribution >= 0.6 is 0 Å². The number of hydrogen-bond acceptors (Lipinski definition) is 2. The van der Waals surface area contributed by atoms with Gasteiger partial charge in [-0.1, -0.05) is 12.5 Å². The standard InChI is InChI=1S/C9H17NO2/c1-3-4-5-6-7-8(10-2)9(11)12/h3,8,10H,1,4-7H2,2H3,(H,11,12)/t8-/m1/s1. The van der Waals surface area contributed by atoms with Gasteiger partial charge in [0, 0.05) is 0 Å². The lowest BCUT2D eigenvalue weighted by atomic mass is 10.1. The zero-order valence-electron chi connectivity index (χ0n) is 7.55. The molecule has 0 radical (unpaired) electrons. The largest absolute Gasteiger partial charge is 0.480 e. The summed E-state index contributed by atoms with van der Waals surface area (Å²) in [5.41, 5.74) is 0. The lowest BCUT2D eigenvalue weighted by Gasteiger charge is -2.09. The van der Waals surface area contributed by atoms with Crippen molar-refractivity contribution < 1.29 is 9.90 Å². The van der Waals surface area contributed by atoms with Gasteiger partial charge in [-0.15, -0.1) is 6.58 Å². The van der Waals surface area contributed by atoms with Gasteiger partial charge >= 0.3 is 5.97 Å². The minimum atomic E-state index is -0.767. The first-order valence-corrected chi connectivity index (χ1v) is 4.23. The Bertz CT molecular complexity index is 145. The molecule has 0 heterocycles. The van der Waals surface area contributed by atoms with Gasteiger partial charge in [-0.25, -0.2) is 0 Å². The number of carbonyl (C=O) groups is 1. The van der Waals surface area contributed by atoms with E-state index in [4.69, 9.17) is 5.11 Å². The first-order chi connectivity index (χ1) is 5.72. The van der Waals surface area contributed by atoms with E-state index < -0.39 is 12.0 Å². The molecule has 0 aromatic heterocycles. The quantitative estimate of drug-likeness (QED) is 0.449. The van der Waals surface area contributed by atoms with Crippen molar-refractivity contribution in [1.82, 2.24) is 5.32 Å². The smallest absolute Gasteiger partial charge is 0.320 e. The van der Waals surface area contributed by atoms with Crippen LogP contribution in [-0.4, -0.2) is 24.2 Å². The maximum absolute atomic E-state index is 10.5. The summed E-state index contributed by atoms with van der Waals surface area (Å²) in [6.45, 7) is 3.60. The summed E-state index contributed by atoms with van der Waals surface area (Å²) in [6, 6.07) is -0.394. The van der Waals surface area contributed by atoms with Crippen LogP contribution in [-0.2, 0) is 4.79 Å². The third kappa shape index (κ3) is 4.91. The molecule has 12 heavy (non-hydrogen) atoms. The van der Waals surface area contributed by atoms with E-state index in [1.807, 2.05) is 6.08 Å². The molecule has 70 valence electrons. The minimum Gasteiger partial charge on any atom is -0.480 e. The zero-order chi connectivity index (χ0) is 9.40. The number of aliphatic carboxylic acids is 1. The van der Waals surface area contributed by atoms with Crippen LogP contribution in [0.3, 0.4) is 0 Å². The molecule has 0 unspecified atom stereocenters. The first-order valence-electron chi connectivity index (χ1n) is 4.23. The summed E-state index contributed by atoms with van der Waals surface area (Å²) in [5, 5.41) is 11.4. The van der Waals surface area contributed by atoms with Crippen LogP contribution in [0.25, 0.3) is 0 Å². The van der Waals surface area contributed by atoms with Crippen molar-refractivity contribution in [3.63, 3.8) is 0 Å². The van der Waals surface area contributed by atoms with Gasteiger partial charge in [-0.2, -0.15) is 0 Å². The molecule has 0 aromatic carbocycles. The molecule has 0 saturated heterocycles. The summed E-state index contributed by atoms with van der Waals surface area (Å²) in [4.78, 5) is 10.5. The highest BCUT2D eigenvalue weighted by molar-refractivity contribution is 5.73. The highest BCUT2D eigenvalue weighted by Crippen LogP contribution is 2.03. The SMILES string of the molecule is C=CCCCC[C@@H](NC)C(=O)O. The van der Waals surface area contributed by atoms with Crippen molar-refractivity contribution in [3.05, 3.63) is 12.7 Å². The van der Waals surface area contributed by atoms with Gasteiger partial charge in [0.25, 0.3) is 0 Å². The van der Waals surface area contributed by atoms with Crippen molar-refractivity contribution >= 4 is 5.97 Å². The Morgan fingerprint density at radius 3 is 2.75 bits per heavy atom. The van der Waals surface area contributed by atoms with Gasteiger partial charge in [0.15, 0.2) is 0 Å². The van der Waals surface area contributed by atoms with Gasteiger partial charge in [0.05, 0.1) is 0 Å². The van der Waals surface area contributed by atoms with Crippen molar-refractivity contribution in [1.29, 1.82) is 0 Å². The summed E-state index contributed by atoms with van der Waals surface area (Å²) in [5.74, 6) is -0.767. The number of unbranched alkanes of at least 4 members (excludes halogenated alkanes) is 2. The summed E-state index contributed by atoms with van der Waals surface area (Å²) in [7, 11) is 1.67. The monoisotopic (exact) mass is 171 g/mol. The van der Waals surface area contributed by atoms with Crippen LogP contribution in [0.1, 0.15) is 25.7 Å². The first kappa shape index (κ1) is 11.2. The Labute approximate surface area is 73.5 Å². The predicted octanol–water partition coefficient (Wildman–Crippen LogP) is 1.41. The molecule has 0 aliphatic rings. The third-order valence-corrected chi connectivity index (χ3v) is 1.80. The van der Waals surface area contributed by atoms with Gasteiger partial charge in [-0.3, -0.25) is 4.79 Å². The molecule has 3 heteroatoms. The minimum absolute atomic E-state index is 0.394. The van der Waals surface area contributed by atoms with E-state index in [-0.39, 0.29) is 0 Å². The summed E-state index contributed by atoms with van der Waals surface area (Å²) in [6.07, 6.45) is 5.48. The van der Waals surface area contributed by atoms with E-state index in [1.54, 1.807) is 7.05 Å². The number of carboxylic acids is 1. The predicted molar refractivity (Wildman–Crippen MR) is 49.1 cm³/mol. The van der Waals surface area contributed by atoms with Gasteiger partial charge in [0.2, 0.25) is 0 Å². The zero-order valence-corrected chi connectivity index (χ0v) is 7.55. The molecule has 0 fully saturated rings. The number of carboxylic acid groups (broad SMARTS) is 1. The van der Waals surface area contributed by atoms with E-state index in [0.717, 1.165) is 19.3 Å². The molecule has 0 aliphatic heterocycles. The molecular formula is C9H17NO2. The summed E-state index contributed by atoms with van der Waals surface area (Å²) < 4.78 is 0. The highest BCUT2D eigenvalue weighted by Gasteiger charge is 2.12. The fourth-order valence-corrected chi connectivity index (χ4v) is 1.03. The van der Waals surface area contributed by atoms with E-state index in [0.29, 0.717) is 6.42 Å². The van der Waals surface area contributed by atoms with Crippen molar-refractivity contribution in [3.8, 4) is 0 Å². The fraction of sp³-hybridized carbons (Fsp3) is 0.667. The van der Waals surface area contributed by atoms with E-state index in [2.05, 4.69) is 11.9 Å². The average Bonchev–Trinajstić information content (AvgIpc) is 2.04. The molecule has 2 N–H and O–H groups in total. The van der Waals surface area contributed by atoms with Crippen LogP contribution in [0.4, 0.5) is 0 Å². The molecule has 0 saturated carbocycles. The number of allylic oxidation sites excluding steroid dienone is 1. The Hall–Kier alpha value is -0.830. The summed E-state index contributed by atoms with van der Waals surface area (Å²) >= 11 is 0. The van der Waals surface area contributed by atoms with E-state index in [9.17, 15) is 4.79 Å². The molecular weight excluding hydrogens is 154 g/mol. The molecule has 0 rings (SSSR count). The second-order valence-corrected chi connectivity index (χ2v) is 2.75. The number of nitrogens with one attached hydrogen (secondary N) is 1. The van der Waals surface area contributed by atoms with Crippen molar-refractivity contribution in [2.24, 2.45) is 0 Å². The number of hydrogen-bond donors (Lipinski definition) is 2. The lowest BCUT2D eigenvalue weighted by Crippen LogP contribution is -2.33. The van der Waals surface area contributed by atoms with Gasteiger partial charge < -0.3 is 10.4 Å². The molecule has 0 aliphatic carbocycles. The van der Waals surface area contributed by atoms with Crippen molar-refractivity contribution in [2.75, 3.05) is 7.05 Å². The normalized spacial score (nSPS) is 12.4. The van der Waals surface area contributed by atoms with Crippen LogP contribution < -0.4 is 5.32 Å². The fourth-order valence-electron chi connectivity index (χ4n) is 1.03. The molecule has 0 amide bonds. The van der Waals surface area contributed by atoms with Crippen LogP contribution in [0.2, 0.25) is 0 Å². The van der Waals surface area contributed by atoms with E-state index >= 15 is 0 Å². The average molecular weight is 171 g/mol. The molecule has 3 nitrogen and oxygen atoms in total. The van der Waals surface area contributed by atoms with Crippen LogP contribution in [0, 0.1) is 0 Å². The number of rotatable bonds is 7. The molecule has 0 spiro atoms. The maximum Gasteiger partial charge on any atom is 0.320 e. The molecule has 0 bridgehead atoms. The van der Waals surface area contributed by atoms with Crippen LogP contribution in [0.5, 0.6) is 0 Å². The lowest BCUT2D eigenvalue weighted by molar-refractivity contribution is -0.139.